The van der Waals surface area contributed by atoms with E-state index in [0.29, 0.717) is 6.61 Å². The van der Waals surface area contributed by atoms with Crippen molar-refractivity contribution in [2.24, 2.45) is 5.92 Å². The molecule has 0 spiro atoms. The monoisotopic (exact) mass is 283 g/mol. The largest absolute Gasteiger partial charge is 0.364 e. The predicted octanol–water partition coefficient (Wildman–Crippen LogP) is 1.26. The van der Waals surface area contributed by atoms with E-state index in [1.807, 2.05) is 18.7 Å². The molecule has 0 saturated carbocycles. The Morgan fingerprint density at radius 2 is 2.33 bits per heavy atom. The lowest BCUT2D eigenvalue weighted by Crippen LogP contribution is -2.45. The lowest BCUT2D eigenvalue weighted by molar-refractivity contribution is -0.138. The molecule has 1 amide bonds. The number of morpholine rings is 1. The highest BCUT2D eigenvalue weighted by Gasteiger charge is 2.23. The van der Waals surface area contributed by atoms with Gasteiger partial charge in [-0.3, -0.25) is 4.79 Å². The molecule has 1 heterocycles. The zero-order valence-corrected chi connectivity index (χ0v) is 9.58. The fraction of sp³-hybridized carbons (Fsp3) is 0.875. The highest BCUT2D eigenvalue weighted by Crippen LogP contribution is 2.13. The maximum atomic E-state index is 11.5. The third kappa shape index (κ3) is 2.58. The minimum Gasteiger partial charge on any atom is -0.364 e. The minimum atomic E-state index is 0.103. The summed E-state index contributed by atoms with van der Waals surface area (Å²) in [6, 6.07) is 0. The molecule has 0 aromatic rings. The summed E-state index contributed by atoms with van der Waals surface area (Å²) in [5.41, 5.74) is 0. The molecule has 70 valence electrons. The highest BCUT2D eigenvalue weighted by atomic mass is 127. The number of alkyl halides is 1. The average molecular weight is 283 g/mol. The van der Waals surface area contributed by atoms with Gasteiger partial charge in [-0.1, -0.05) is 13.8 Å². The Bertz CT molecular complexity index is 172. The second-order valence-corrected chi connectivity index (χ2v) is 4.61. The van der Waals surface area contributed by atoms with E-state index in [2.05, 4.69) is 22.6 Å². The van der Waals surface area contributed by atoms with Crippen LogP contribution in [-0.4, -0.2) is 34.6 Å². The zero-order chi connectivity index (χ0) is 9.14. The van der Waals surface area contributed by atoms with Crippen LogP contribution in [0.4, 0.5) is 0 Å². The summed E-state index contributed by atoms with van der Waals surface area (Å²) in [4.78, 5) is 13.4. The van der Waals surface area contributed by atoms with Gasteiger partial charge in [-0.25, -0.2) is 0 Å². The van der Waals surface area contributed by atoms with Crippen LogP contribution >= 0.6 is 22.6 Å². The van der Waals surface area contributed by atoms with Gasteiger partial charge < -0.3 is 9.64 Å². The molecular weight excluding hydrogens is 269 g/mol. The molecule has 0 aromatic carbocycles. The first-order chi connectivity index (χ1) is 5.61. The molecule has 1 saturated heterocycles. The van der Waals surface area contributed by atoms with E-state index in [-0.39, 0.29) is 15.9 Å². The minimum absolute atomic E-state index is 0.103. The van der Waals surface area contributed by atoms with Crippen molar-refractivity contribution in [3.05, 3.63) is 0 Å². The maximum absolute atomic E-state index is 11.5. The number of ether oxygens (including phenoxy) is 1. The van der Waals surface area contributed by atoms with Gasteiger partial charge in [-0.05, 0) is 22.6 Å². The van der Waals surface area contributed by atoms with Crippen LogP contribution in [0.3, 0.4) is 0 Å². The molecule has 0 aromatic heterocycles. The average Bonchev–Trinajstić information content (AvgIpc) is 2.03. The van der Waals surface area contributed by atoms with Crippen molar-refractivity contribution in [2.45, 2.75) is 18.0 Å². The van der Waals surface area contributed by atoms with Crippen LogP contribution in [-0.2, 0) is 9.53 Å². The van der Waals surface area contributed by atoms with Crippen LogP contribution in [0.25, 0.3) is 0 Å². The van der Waals surface area contributed by atoms with E-state index >= 15 is 0 Å². The van der Waals surface area contributed by atoms with Gasteiger partial charge in [0.05, 0.1) is 13.2 Å². The van der Waals surface area contributed by atoms with Crippen LogP contribution in [0.2, 0.25) is 0 Å². The van der Waals surface area contributed by atoms with Crippen LogP contribution in [0.5, 0.6) is 0 Å². The molecule has 0 N–H and O–H groups in total. The maximum Gasteiger partial charge on any atom is 0.225 e. The number of rotatable bonds is 1. The van der Waals surface area contributed by atoms with Gasteiger partial charge in [0.25, 0.3) is 0 Å². The number of carbonyl (C=O) groups excluding carboxylic acids is 1. The molecule has 0 unspecified atom stereocenters. The molecule has 1 atom stereocenters. The van der Waals surface area contributed by atoms with E-state index in [4.69, 9.17) is 4.74 Å². The van der Waals surface area contributed by atoms with Crippen molar-refractivity contribution >= 4 is 28.5 Å². The Hall–Kier alpha value is 0.160. The zero-order valence-electron chi connectivity index (χ0n) is 7.42. The fourth-order valence-electron chi connectivity index (χ4n) is 1.17. The molecule has 12 heavy (non-hydrogen) atoms. The smallest absolute Gasteiger partial charge is 0.225 e. The Balaban J connectivity index is 2.46. The van der Waals surface area contributed by atoms with Crippen molar-refractivity contribution in [1.82, 2.24) is 4.90 Å². The Kier molecular flexibility index (Phi) is 3.77. The van der Waals surface area contributed by atoms with E-state index in [1.165, 1.54) is 0 Å². The van der Waals surface area contributed by atoms with Crippen molar-refractivity contribution in [2.75, 3.05) is 19.7 Å². The van der Waals surface area contributed by atoms with Gasteiger partial charge in [0, 0.05) is 12.5 Å². The molecular formula is C8H14INO2. The summed E-state index contributed by atoms with van der Waals surface area (Å²) < 4.78 is 5.50. The second kappa shape index (κ2) is 4.41. The normalized spacial score (nSPS) is 24.7. The van der Waals surface area contributed by atoms with E-state index in [9.17, 15) is 4.79 Å². The van der Waals surface area contributed by atoms with Crippen molar-refractivity contribution in [1.29, 1.82) is 0 Å². The second-order valence-electron chi connectivity index (χ2n) is 3.22. The van der Waals surface area contributed by atoms with Crippen molar-refractivity contribution < 1.29 is 9.53 Å². The number of nitrogens with zero attached hydrogens (tertiary/aromatic N) is 1. The molecule has 0 aliphatic carbocycles. The van der Waals surface area contributed by atoms with Crippen LogP contribution in [0, 0.1) is 5.92 Å². The lowest BCUT2D eigenvalue weighted by atomic mass is 10.2. The lowest BCUT2D eigenvalue weighted by Gasteiger charge is -2.31. The SMILES string of the molecule is CC(C)C(=O)N1CCO[C@@H](I)C1. The summed E-state index contributed by atoms with van der Waals surface area (Å²) in [7, 11) is 0. The quantitative estimate of drug-likeness (QED) is 0.535. The van der Waals surface area contributed by atoms with Gasteiger partial charge in [0.1, 0.15) is 4.11 Å². The standard InChI is InChI=1S/C8H14INO2/c1-6(2)8(11)10-3-4-12-7(9)5-10/h6-7H,3-5H2,1-2H3/t7-/m1/s1. The molecule has 3 nitrogen and oxygen atoms in total. The first-order valence-electron chi connectivity index (χ1n) is 4.15. The van der Waals surface area contributed by atoms with Crippen LogP contribution in [0.1, 0.15) is 13.8 Å². The summed E-state index contributed by atoms with van der Waals surface area (Å²) in [6.45, 7) is 6.01. The number of hydrogen-bond acceptors (Lipinski definition) is 2. The van der Waals surface area contributed by atoms with Gasteiger partial charge in [-0.15, -0.1) is 0 Å². The van der Waals surface area contributed by atoms with Crippen LogP contribution in [0.15, 0.2) is 0 Å². The van der Waals surface area contributed by atoms with Gasteiger partial charge in [-0.2, -0.15) is 0 Å². The van der Waals surface area contributed by atoms with Gasteiger partial charge in [0.2, 0.25) is 5.91 Å². The molecule has 0 radical (unpaired) electrons. The van der Waals surface area contributed by atoms with E-state index < -0.39 is 0 Å². The molecule has 1 fully saturated rings. The Labute approximate surface area is 86.6 Å². The third-order valence-corrected chi connectivity index (χ3v) is 2.58. The molecule has 1 rings (SSSR count). The number of carbonyl (C=O) groups is 1. The predicted molar refractivity (Wildman–Crippen MR) is 55.2 cm³/mol. The van der Waals surface area contributed by atoms with Crippen molar-refractivity contribution in [3.63, 3.8) is 0 Å². The molecule has 1 aliphatic heterocycles. The van der Waals surface area contributed by atoms with Crippen molar-refractivity contribution in [3.8, 4) is 0 Å². The van der Waals surface area contributed by atoms with Crippen LogP contribution < -0.4 is 0 Å². The van der Waals surface area contributed by atoms with E-state index in [0.717, 1.165) is 13.1 Å². The van der Waals surface area contributed by atoms with Gasteiger partial charge >= 0.3 is 0 Å². The number of amides is 1. The number of hydrogen-bond donors (Lipinski definition) is 0. The topological polar surface area (TPSA) is 29.5 Å². The third-order valence-electron chi connectivity index (χ3n) is 1.83. The summed E-state index contributed by atoms with van der Waals surface area (Å²) in [5, 5.41) is 0. The Morgan fingerprint density at radius 1 is 1.67 bits per heavy atom. The Morgan fingerprint density at radius 3 is 2.83 bits per heavy atom. The van der Waals surface area contributed by atoms with Gasteiger partial charge in [0.15, 0.2) is 0 Å². The summed E-state index contributed by atoms with van der Waals surface area (Å²) in [6.07, 6.45) is 0. The first kappa shape index (κ1) is 10.2. The fourth-order valence-corrected chi connectivity index (χ4v) is 1.90. The molecule has 1 aliphatic rings. The highest BCUT2D eigenvalue weighted by molar-refractivity contribution is 14.1. The first-order valence-corrected chi connectivity index (χ1v) is 5.40. The van der Waals surface area contributed by atoms with E-state index in [1.54, 1.807) is 0 Å². The number of halogens is 1. The molecule has 0 bridgehead atoms. The summed E-state index contributed by atoms with van der Waals surface area (Å²) >= 11 is 2.21. The molecule has 4 heteroatoms. The summed E-state index contributed by atoms with van der Waals surface area (Å²) in [5.74, 6) is 0.340.